The lowest BCUT2D eigenvalue weighted by Gasteiger charge is -2.30. The molecule has 4 unspecified atom stereocenters. The lowest BCUT2D eigenvalue weighted by molar-refractivity contribution is -0.155. The second-order valence-corrected chi connectivity index (χ2v) is 12.5. The molecule has 44 heavy (non-hydrogen) atoms. The van der Waals surface area contributed by atoms with E-state index in [-0.39, 0.29) is 48.8 Å². The van der Waals surface area contributed by atoms with Gasteiger partial charge in [-0.25, -0.2) is 9.59 Å². The number of amides is 2. The predicted octanol–water partition coefficient (Wildman–Crippen LogP) is 5.56. The lowest BCUT2D eigenvalue weighted by atomic mass is 9.88. The maximum Gasteiger partial charge on any atom is 0.329 e. The number of likely N-dealkylation sites (tertiary alicyclic amines) is 2. The number of ether oxygens (including phenoxy) is 2. The van der Waals surface area contributed by atoms with E-state index in [0.717, 1.165) is 24.0 Å². The first-order valence-electron chi connectivity index (χ1n) is 15.9. The molecule has 0 saturated carbocycles. The van der Waals surface area contributed by atoms with E-state index in [1.54, 1.807) is 9.80 Å². The Morgan fingerprint density at radius 1 is 0.659 bits per heavy atom. The van der Waals surface area contributed by atoms with Crippen molar-refractivity contribution in [3.63, 3.8) is 0 Å². The molecule has 2 saturated heterocycles. The molecule has 0 radical (unpaired) electrons. The summed E-state index contributed by atoms with van der Waals surface area (Å²) >= 11 is 0. The fourth-order valence-electron chi connectivity index (χ4n) is 6.00. The summed E-state index contributed by atoms with van der Waals surface area (Å²) in [5.41, 5.74) is 1.79. The van der Waals surface area contributed by atoms with Gasteiger partial charge in [0.25, 0.3) is 0 Å². The summed E-state index contributed by atoms with van der Waals surface area (Å²) in [7, 11) is 0. The van der Waals surface area contributed by atoms with Gasteiger partial charge in [-0.1, -0.05) is 101 Å². The quantitative estimate of drug-likeness (QED) is 0.234. The minimum absolute atomic E-state index is 0.0456. The molecule has 8 heteroatoms. The third-order valence-corrected chi connectivity index (χ3v) is 8.60. The van der Waals surface area contributed by atoms with Gasteiger partial charge in [-0.15, -0.1) is 0 Å². The molecule has 0 N–H and O–H groups in total. The van der Waals surface area contributed by atoms with Crippen LogP contribution in [-0.4, -0.2) is 58.7 Å². The first-order valence-corrected chi connectivity index (χ1v) is 15.9. The summed E-state index contributed by atoms with van der Waals surface area (Å²) in [5, 5.41) is 0. The normalized spacial score (nSPS) is 19.9. The summed E-state index contributed by atoms with van der Waals surface area (Å²) in [6, 6.07) is 17.7. The molecule has 2 fully saturated rings. The highest BCUT2D eigenvalue weighted by Crippen LogP contribution is 2.28. The molecule has 2 heterocycles. The molecule has 236 valence electrons. The van der Waals surface area contributed by atoms with Crippen LogP contribution in [-0.2, 0) is 41.9 Å². The first-order chi connectivity index (χ1) is 21.2. The molecule has 4 atom stereocenters. The van der Waals surface area contributed by atoms with Crippen LogP contribution in [0.3, 0.4) is 0 Å². The maximum atomic E-state index is 13.8. The summed E-state index contributed by atoms with van der Waals surface area (Å²) < 4.78 is 11.2. The van der Waals surface area contributed by atoms with Crippen molar-refractivity contribution in [3.05, 3.63) is 83.9 Å². The molecule has 8 nitrogen and oxygen atoms in total. The minimum Gasteiger partial charge on any atom is -0.459 e. The van der Waals surface area contributed by atoms with Crippen molar-refractivity contribution in [1.82, 2.24) is 9.80 Å². The van der Waals surface area contributed by atoms with Crippen molar-refractivity contribution < 1.29 is 28.7 Å². The molecular weight excluding hydrogens is 556 g/mol. The Kier molecular flexibility index (Phi) is 11.8. The van der Waals surface area contributed by atoms with Crippen LogP contribution >= 0.6 is 0 Å². The van der Waals surface area contributed by atoms with Gasteiger partial charge in [0.2, 0.25) is 11.8 Å². The smallest absolute Gasteiger partial charge is 0.329 e. The summed E-state index contributed by atoms with van der Waals surface area (Å²) in [6.45, 7) is 9.20. The van der Waals surface area contributed by atoms with E-state index in [2.05, 4.69) is 0 Å². The first kappa shape index (κ1) is 33.0. The third-order valence-electron chi connectivity index (χ3n) is 8.60. The fraction of sp³-hybridized carbons (Fsp3) is 0.500. The molecular formula is C36H46N2O6. The number of nitrogens with zero attached hydrogens (tertiary/aromatic N) is 2. The van der Waals surface area contributed by atoms with Gasteiger partial charge in [0.1, 0.15) is 25.3 Å². The Morgan fingerprint density at radius 2 is 1.02 bits per heavy atom. The predicted molar refractivity (Wildman–Crippen MR) is 168 cm³/mol. The molecule has 0 spiro atoms. The van der Waals surface area contributed by atoms with Gasteiger partial charge in [0.15, 0.2) is 0 Å². The van der Waals surface area contributed by atoms with E-state index in [9.17, 15) is 19.2 Å². The summed E-state index contributed by atoms with van der Waals surface area (Å²) in [6.07, 6.45) is 6.26. The van der Waals surface area contributed by atoms with Crippen LogP contribution in [0.2, 0.25) is 0 Å². The average Bonchev–Trinajstić information content (AvgIpc) is 3.72. The van der Waals surface area contributed by atoms with Gasteiger partial charge in [0, 0.05) is 13.1 Å². The number of benzene rings is 2. The van der Waals surface area contributed by atoms with Crippen molar-refractivity contribution in [3.8, 4) is 0 Å². The van der Waals surface area contributed by atoms with E-state index in [1.807, 2.05) is 101 Å². The Hall–Kier alpha value is -3.94. The van der Waals surface area contributed by atoms with Crippen LogP contribution in [0.15, 0.2) is 72.8 Å². The van der Waals surface area contributed by atoms with Crippen LogP contribution in [0, 0.1) is 23.7 Å². The van der Waals surface area contributed by atoms with Crippen molar-refractivity contribution in [2.75, 3.05) is 13.1 Å². The van der Waals surface area contributed by atoms with Gasteiger partial charge in [-0.3, -0.25) is 9.59 Å². The highest BCUT2D eigenvalue weighted by molar-refractivity contribution is 5.89. The molecule has 2 aliphatic rings. The Labute approximate surface area is 261 Å². The van der Waals surface area contributed by atoms with Crippen molar-refractivity contribution in [2.45, 2.75) is 78.7 Å². The topological polar surface area (TPSA) is 93.2 Å². The van der Waals surface area contributed by atoms with Crippen molar-refractivity contribution in [2.24, 2.45) is 23.7 Å². The largest absolute Gasteiger partial charge is 0.459 e. The number of carbonyl (C=O) groups is 4. The van der Waals surface area contributed by atoms with Crippen LogP contribution in [0.1, 0.15) is 64.5 Å². The fourth-order valence-corrected chi connectivity index (χ4v) is 6.00. The highest BCUT2D eigenvalue weighted by atomic mass is 16.5. The number of hydrogen-bond acceptors (Lipinski definition) is 6. The van der Waals surface area contributed by atoms with E-state index >= 15 is 0 Å². The zero-order valence-corrected chi connectivity index (χ0v) is 26.4. The molecule has 0 aromatic heterocycles. The second-order valence-electron chi connectivity index (χ2n) is 12.5. The summed E-state index contributed by atoms with van der Waals surface area (Å²) in [4.78, 5) is 57.0. The minimum atomic E-state index is -0.615. The zero-order chi connectivity index (χ0) is 31.6. The molecule has 0 aliphatic carbocycles. The van der Waals surface area contributed by atoms with E-state index < -0.39 is 23.9 Å². The van der Waals surface area contributed by atoms with Crippen molar-refractivity contribution >= 4 is 23.8 Å². The SMILES string of the molecule is CC(C)C(C=CC(C(=O)N1CCCC1C(=O)OCc1ccccc1)C(C)C)C(=O)N1CCCC1C(=O)OCc1ccccc1. The van der Waals surface area contributed by atoms with Gasteiger partial charge in [0.05, 0.1) is 11.8 Å². The molecule has 2 aliphatic heterocycles. The number of hydrogen-bond donors (Lipinski definition) is 0. The molecule has 2 aromatic rings. The van der Waals surface area contributed by atoms with Crippen molar-refractivity contribution in [1.29, 1.82) is 0 Å². The molecule has 2 amide bonds. The Bertz CT molecular complexity index is 1190. The third kappa shape index (κ3) is 8.36. The van der Waals surface area contributed by atoms with Crippen LogP contribution in [0.4, 0.5) is 0 Å². The second kappa shape index (κ2) is 15.7. The molecule has 0 bridgehead atoms. The van der Waals surface area contributed by atoms with Gasteiger partial charge >= 0.3 is 11.9 Å². The Balaban J connectivity index is 1.41. The molecule has 2 aromatic carbocycles. The Morgan fingerprint density at radius 3 is 1.36 bits per heavy atom. The van der Waals surface area contributed by atoms with Gasteiger partial charge in [-0.2, -0.15) is 0 Å². The molecule has 4 rings (SSSR count). The average molecular weight is 603 g/mol. The number of esters is 2. The number of rotatable bonds is 12. The zero-order valence-electron chi connectivity index (χ0n) is 26.4. The van der Waals surface area contributed by atoms with Crippen LogP contribution < -0.4 is 0 Å². The lowest BCUT2D eigenvalue weighted by Crippen LogP contribution is -2.45. The van der Waals surface area contributed by atoms with Gasteiger partial charge in [-0.05, 0) is 48.6 Å². The standard InChI is InChI=1S/C36H46N2O6/c1-25(2)29(33(39)37-21-11-17-31(37)35(41)43-23-27-13-7-5-8-14-27)19-20-30(26(3)4)34(40)38-22-12-18-32(38)36(42)44-24-28-15-9-6-10-16-28/h5-10,13-16,19-20,25-26,29-32H,11-12,17-18,21-24H2,1-4H3. The van der Waals surface area contributed by atoms with Crippen LogP contribution in [0.5, 0.6) is 0 Å². The maximum absolute atomic E-state index is 13.8. The summed E-state index contributed by atoms with van der Waals surface area (Å²) in [5.74, 6) is -2.14. The van der Waals surface area contributed by atoms with E-state index in [0.29, 0.717) is 25.9 Å². The monoisotopic (exact) mass is 602 g/mol. The number of carbonyl (C=O) groups excluding carboxylic acids is 4. The van der Waals surface area contributed by atoms with Gasteiger partial charge < -0.3 is 19.3 Å². The van der Waals surface area contributed by atoms with E-state index in [1.165, 1.54) is 0 Å². The highest BCUT2D eigenvalue weighted by Gasteiger charge is 2.40. The van der Waals surface area contributed by atoms with E-state index in [4.69, 9.17) is 9.47 Å². The van der Waals surface area contributed by atoms with Crippen LogP contribution in [0.25, 0.3) is 0 Å².